The lowest BCUT2D eigenvalue weighted by atomic mass is 10.1. The first-order valence-electron chi connectivity index (χ1n) is 4.22. The van der Waals surface area contributed by atoms with Crippen LogP contribution in [0, 0.1) is 5.82 Å². The van der Waals surface area contributed by atoms with Gasteiger partial charge in [0.15, 0.2) is 5.69 Å². The van der Waals surface area contributed by atoms with E-state index in [0.717, 1.165) is 11.3 Å². The van der Waals surface area contributed by atoms with Crippen LogP contribution >= 0.6 is 22.9 Å². The van der Waals surface area contributed by atoms with Crippen molar-refractivity contribution in [3.63, 3.8) is 0 Å². The van der Waals surface area contributed by atoms with Gasteiger partial charge in [-0.15, -0.1) is 11.3 Å². The smallest absolute Gasteiger partial charge is 0.356 e. The van der Waals surface area contributed by atoms with E-state index in [1.807, 2.05) is 0 Å². The molecule has 0 aliphatic rings. The van der Waals surface area contributed by atoms with E-state index in [9.17, 15) is 9.18 Å². The zero-order valence-electron chi connectivity index (χ0n) is 7.78. The maximum absolute atomic E-state index is 13.7. The molecular formula is C10H5ClFNO2S. The Kier molecular flexibility index (Phi) is 2.89. The summed E-state index contributed by atoms with van der Waals surface area (Å²) in [6, 6.07) is 4.44. The minimum Gasteiger partial charge on any atom is -0.476 e. The molecule has 1 aromatic heterocycles. The molecule has 0 atom stereocenters. The molecule has 1 aromatic carbocycles. The Bertz CT molecular complexity index is 556. The van der Waals surface area contributed by atoms with E-state index in [2.05, 4.69) is 4.98 Å². The zero-order chi connectivity index (χ0) is 11.7. The number of hydrogen-bond acceptors (Lipinski definition) is 3. The summed E-state index contributed by atoms with van der Waals surface area (Å²) in [5, 5.41) is 8.83. The summed E-state index contributed by atoms with van der Waals surface area (Å²) >= 11 is 6.69. The molecule has 0 spiro atoms. The molecule has 0 saturated heterocycles. The van der Waals surface area contributed by atoms with E-state index in [1.54, 1.807) is 6.07 Å². The average molecular weight is 258 g/mol. The highest BCUT2D eigenvalue weighted by molar-refractivity contribution is 7.13. The van der Waals surface area contributed by atoms with Crippen LogP contribution in [-0.2, 0) is 0 Å². The van der Waals surface area contributed by atoms with Gasteiger partial charge in [0.25, 0.3) is 0 Å². The van der Waals surface area contributed by atoms with Gasteiger partial charge in [-0.05, 0) is 6.07 Å². The Morgan fingerprint density at radius 1 is 1.50 bits per heavy atom. The van der Waals surface area contributed by atoms with Gasteiger partial charge in [-0.2, -0.15) is 0 Å². The summed E-state index contributed by atoms with van der Waals surface area (Å²) in [5.74, 6) is -1.81. The number of benzene rings is 1. The van der Waals surface area contributed by atoms with Gasteiger partial charge in [0.1, 0.15) is 5.82 Å². The van der Waals surface area contributed by atoms with Crippen molar-refractivity contribution in [3.05, 3.63) is 40.2 Å². The fraction of sp³-hybridized carbons (Fsp3) is 0. The Balaban J connectivity index is 2.63. The lowest BCUT2D eigenvalue weighted by Gasteiger charge is -2.02. The van der Waals surface area contributed by atoms with Crippen LogP contribution in [0.15, 0.2) is 23.7 Å². The molecule has 0 bridgehead atoms. The van der Waals surface area contributed by atoms with Gasteiger partial charge >= 0.3 is 5.97 Å². The second kappa shape index (κ2) is 4.19. The number of carbonyl (C=O) groups is 1. The molecular weight excluding hydrogens is 253 g/mol. The molecule has 3 nitrogen and oxygen atoms in total. The lowest BCUT2D eigenvalue weighted by molar-refractivity contribution is 0.0692. The Morgan fingerprint density at radius 2 is 2.25 bits per heavy atom. The first-order valence-corrected chi connectivity index (χ1v) is 5.48. The number of thiazole rings is 1. The highest BCUT2D eigenvalue weighted by Crippen LogP contribution is 2.32. The van der Waals surface area contributed by atoms with Crippen LogP contribution < -0.4 is 0 Å². The second-order valence-corrected chi connectivity index (χ2v) is 4.20. The molecule has 1 N–H and O–H groups in total. The molecule has 0 amide bonds. The van der Waals surface area contributed by atoms with E-state index in [-0.39, 0.29) is 21.2 Å². The van der Waals surface area contributed by atoms with Gasteiger partial charge < -0.3 is 5.11 Å². The number of aromatic nitrogens is 1. The van der Waals surface area contributed by atoms with Crippen LogP contribution in [0.25, 0.3) is 10.4 Å². The first-order chi connectivity index (χ1) is 7.61. The number of carboxylic acids is 1. The van der Waals surface area contributed by atoms with Crippen LogP contribution in [0.1, 0.15) is 10.5 Å². The molecule has 0 unspecified atom stereocenters. The van der Waals surface area contributed by atoms with Gasteiger partial charge in [-0.1, -0.05) is 23.7 Å². The monoisotopic (exact) mass is 257 g/mol. The third kappa shape index (κ3) is 1.79. The molecule has 1 heterocycles. The maximum Gasteiger partial charge on any atom is 0.356 e. The van der Waals surface area contributed by atoms with Crippen molar-refractivity contribution in [2.24, 2.45) is 0 Å². The molecule has 0 aliphatic heterocycles. The number of aromatic carboxylic acids is 1. The minimum absolute atomic E-state index is 0.0396. The summed E-state index contributed by atoms with van der Waals surface area (Å²) in [7, 11) is 0. The second-order valence-electron chi connectivity index (χ2n) is 2.94. The summed E-state index contributed by atoms with van der Waals surface area (Å²) in [4.78, 5) is 14.8. The number of carboxylic acid groups (broad SMARTS) is 1. The van der Waals surface area contributed by atoms with Crippen molar-refractivity contribution in [2.45, 2.75) is 0 Å². The summed E-state index contributed by atoms with van der Waals surface area (Å²) in [6.45, 7) is 0. The topological polar surface area (TPSA) is 50.2 Å². The minimum atomic E-state index is -1.18. The van der Waals surface area contributed by atoms with Crippen LogP contribution in [-0.4, -0.2) is 16.1 Å². The summed E-state index contributed by atoms with van der Waals surface area (Å²) in [5.41, 5.74) is 1.36. The molecule has 0 radical (unpaired) electrons. The van der Waals surface area contributed by atoms with E-state index >= 15 is 0 Å². The standard InChI is InChI=1S/C10H5ClFNO2S/c11-6-3-1-2-5(7(6)12)9-8(10(14)15)13-4-16-9/h1-4H,(H,14,15). The van der Waals surface area contributed by atoms with Gasteiger partial charge in [0, 0.05) is 5.56 Å². The predicted molar refractivity (Wildman–Crippen MR) is 59.5 cm³/mol. The van der Waals surface area contributed by atoms with Gasteiger partial charge in [-0.25, -0.2) is 14.2 Å². The van der Waals surface area contributed by atoms with Crippen LogP contribution in [0.5, 0.6) is 0 Å². The fourth-order valence-corrected chi connectivity index (χ4v) is 2.24. The van der Waals surface area contributed by atoms with E-state index in [1.165, 1.54) is 17.6 Å². The summed E-state index contributed by atoms with van der Waals surface area (Å²) < 4.78 is 13.7. The normalized spacial score (nSPS) is 10.4. The summed E-state index contributed by atoms with van der Waals surface area (Å²) in [6.07, 6.45) is 0. The average Bonchev–Trinajstić information content (AvgIpc) is 2.70. The highest BCUT2D eigenvalue weighted by atomic mass is 35.5. The van der Waals surface area contributed by atoms with Gasteiger partial charge in [0.05, 0.1) is 15.4 Å². The molecule has 2 aromatic rings. The van der Waals surface area contributed by atoms with E-state index < -0.39 is 11.8 Å². The van der Waals surface area contributed by atoms with Crippen LogP contribution in [0.3, 0.4) is 0 Å². The fourth-order valence-electron chi connectivity index (χ4n) is 1.27. The molecule has 0 aliphatic carbocycles. The molecule has 0 fully saturated rings. The number of halogens is 2. The zero-order valence-corrected chi connectivity index (χ0v) is 9.35. The molecule has 16 heavy (non-hydrogen) atoms. The largest absolute Gasteiger partial charge is 0.476 e. The first kappa shape index (κ1) is 11.0. The third-order valence-electron chi connectivity index (χ3n) is 1.97. The molecule has 2 rings (SSSR count). The number of rotatable bonds is 2. The Labute approximate surface area is 99.1 Å². The molecule has 0 saturated carbocycles. The van der Waals surface area contributed by atoms with Crippen molar-refractivity contribution in [2.75, 3.05) is 0 Å². The van der Waals surface area contributed by atoms with Crippen molar-refractivity contribution in [1.82, 2.24) is 4.98 Å². The van der Waals surface area contributed by atoms with E-state index in [0.29, 0.717) is 0 Å². The SMILES string of the molecule is O=C(O)c1ncsc1-c1cccc(Cl)c1F. The van der Waals surface area contributed by atoms with Gasteiger partial charge in [-0.3, -0.25) is 0 Å². The highest BCUT2D eigenvalue weighted by Gasteiger charge is 2.18. The van der Waals surface area contributed by atoms with Crippen molar-refractivity contribution < 1.29 is 14.3 Å². The Hall–Kier alpha value is -1.46. The number of nitrogens with zero attached hydrogens (tertiary/aromatic N) is 1. The quantitative estimate of drug-likeness (QED) is 0.898. The van der Waals surface area contributed by atoms with Crippen molar-refractivity contribution in [1.29, 1.82) is 0 Å². The lowest BCUT2D eigenvalue weighted by Crippen LogP contribution is -1.99. The predicted octanol–water partition coefficient (Wildman–Crippen LogP) is 3.30. The Morgan fingerprint density at radius 3 is 2.94 bits per heavy atom. The molecule has 82 valence electrons. The van der Waals surface area contributed by atoms with Crippen molar-refractivity contribution >= 4 is 28.9 Å². The number of hydrogen-bond donors (Lipinski definition) is 1. The van der Waals surface area contributed by atoms with Crippen LogP contribution in [0.2, 0.25) is 5.02 Å². The van der Waals surface area contributed by atoms with E-state index in [4.69, 9.17) is 16.7 Å². The molecule has 6 heteroatoms. The maximum atomic E-state index is 13.7. The van der Waals surface area contributed by atoms with Crippen molar-refractivity contribution in [3.8, 4) is 10.4 Å². The van der Waals surface area contributed by atoms with Crippen LogP contribution in [0.4, 0.5) is 4.39 Å². The third-order valence-corrected chi connectivity index (χ3v) is 3.12. The van der Waals surface area contributed by atoms with Gasteiger partial charge in [0.2, 0.25) is 0 Å².